The molecule has 6 nitrogen and oxygen atoms in total. The molecule has 1 aromatic rings. The molecular weight excluding hydrogens is 408 g/mol. The molecule has 5 atom stereocenters. The summed E-state index contributed by atoms with van der Waals surface area (Å²) in [7, 11) is 1.32. The summed E-state index contributed by atoms with van der Waals surface area (Å²) in [5.74, 6) is -0.259. The molecule has 0 spiro atoms. The SMILES string of the molecule is COC(=O)/C=C/C/C=C/C[C@@H]1[C@@H](C=C[C@@H](O)COc2cccc(Cl)c2)[C@H](O)C[C@@H]1O. The van der Waals surface area contributed by atoms with E-state index in [2.05, 4.69) is 4.74 Å². The lowest BCUT2D eigenvalue weighted by atomic mass is 9.89. The van der Waals surface area contributed by atoms with E-state index < -0.39 is 24.3 Å². The number of methoxy groups -OCH3 is 1. The molecule has 3 N–H and O–H groups in total. The molecule has 1 fully saturated rings. The molecule has 2 rings (SSSR count). The van der Waals surface area contributed by atoms with Crippen LogP contribution in [0.5, 0.6) is 5.75 Å². The fourth-order valence-corrected chi connectivity index (χ4v) is 3.60. The van der Waals surface area contributed by atoms with Crippen molar-refractivity contribution in [2.75, 3.05) is 13.7 Å². The van der Waals surface area contributed by atoms with Crippen LogP contribution in [-0.2, 0) is 9.53 Å². The minimum Gasteiger partial charge on any atom is -0.491 e. The highest BCUT2D eigenvalue weighted by Gasteiger charge is 2.39. The number of benzene rings is 1. The molecule has 0 aromatic heterocycles. The van der Waals surface area contributed by atoms with Crippen LogP contribution in [0.25, 0.3) is 0 Å². The van der Waals surface area contributed by atoms with Gasteiger partial charge in [-0.1, -0.05) is 48.0 Å². The molecule has 0 saturated heterocycles. The fraction of sp³-hybridized carbons (Fsp3) is 0.435. The Morgan fingerprint density at radius 1 is 1.27 bits per heavy atom. The molecule has 1 saturated carbocycles. The van der Waals surface area contributed by atoms with Gasteiger partial charge in [-0.15, -0.1) is 0 Å². The normalized spacial score (nSPS) is 25.4. The molecule has 164 valence electrons. The molecule has 1 aliphatic carbocycles. The standard InChI is InChI=1S/C23H29ClO6/c1-29-23(28)10-5-3-2-4-9-19-20(22(27)14-21(19)26)12-11-17(25)15-30-18-8-6-7-16(24)13-18/h2,4-8,10-13,17,19-22,25-27H,3,9,14-15H2,1H3/b4-2+,10-5+,12-11?/t17-,19-,20-,21+,22-/m1/s1. The van der Waals surface area contributed by atoms with Gasteiger partial charge in [-0.2, -0.15) is 0 Å². The first kappa shape index (κ1) is 24.2. The summed E-state index contributed by atoms with van der Waals surface area (Å²) in [6.07, 6.45) is 9.51. The highest BCUT2D eigenvalue weighted by Crippen LogP contribution is 2.36. The van der Waals surface area contributed by atoms with Crippen LogP contribution in [0.4, 0.5) is 0 Å². The largest absolute Gasteiger partial charge is 0.491 e. The number of allylic oxidation sites excluding steroid dienone is 3. The molecule has 0 heterocycles. The van der Waals surface area contributed by atoms with Crippen LogP contribution in [0.2, 0.25) is 5.02 Å². The molecule has 0 aliphatic heterocycles. The number of halogens is 1. The molecule has 0 bridgehead atoms. The van der Waals surface area contributed by atoms with Crippen molar-refractivity contribution >= 4 is 17.6 Å². The Kier molecular flexibility index (Phi) is 10.1. The summed E-state index contributed by atoms with van der Waals surface area (Å²) in [5.41, 5.74) is 0. The third-order valence-corrected chi connectivity index (χ3v) is 5.23. The maximum absolute atomic E-state index is 11.0. The van der Waals surface area contributed by atoms with Crippen LogP contribution in [0, 0.1) is 11.8 Å². The van der Waals surface area contributed by atoms with Crippen molar-refractivity contribution in [3.63, 3.8) is 0 Å². The van der Waals surface area contributed by atoms with Crippen molar-refractivity contribution in [2.45, 2.75) is 37.6 Å². The van der Waals surface area contributed by atoms with Crippen LogP contribution in [0.3, 0.4) is 0 Å². The van der Waals surface area contributed by atoms with Gasteiger partial charge in [0.1, 0.15) is 18.5 Å². The van der Waals surface area contributed by atoms with Gasteiger partial charge in [-0.3, -0.25) is 0 Å². The summed E-state index contributed by atoms with van der Waals surface area (Å²) in [5, 5.41) is 31.3. The summed E-state index contributed by atoms with van der Waals surface area (Å²) in [6.45, 7) is 0.0549. The molecule has 0 unspecified atom stereocenters. The Labute approximate surface area is 182 Å². The van der Waals surface area contributed by atoms with Crippen LogP contribution in [-0.4, -0.2) is 53.3 Å². The zero-order chi connectivity index (χ0) is 21.9. The van der Waals surface area contributed by atoms with Crippen LogP contribution >= 0.6 is 11.6 Å². The van der Waals surface area contributed by atoms with E-state index >= 15 is 0 Å². The second-order valence-corrected chi connectivity index (χ2v) is 7.64. The molecular formula is C23H29ClO6. The van der Waals surface area contributed by atoms with E-state index in [9.17, 15) is 20.1 Å². The van der Waals surface area contributed by atoms with E-state index in [1.807, 2.05) is 12.2 Å². The van der Waals surface area contributed by atoms with Crippen molar-refractivity contribution in [2.24, 2.45) is 11.8 Å². The average molecular weight is 437 g/mol. The van der Waals surface area contributed by atoms with Gasteiger partial charge < -0.3 is 24.8 Å². The van der Waals surface area contributed by atoms with E-state index in [1.165, 1.54) is 13.2 Å². The van der Waals surface area contributed by atoms with Crippen molar-refractivity contribution in [3.8, 4) is 5.75 Å². The van der Waals surface area contributed by atoms with Crippen LogP contribution in [0.15, 0.2) is 60.7 Å². The van der Waals surface area contributed by atoms with E-state index in [-0.39, 0.29) is 18.4 Å². The number of carbonyl (C=O) groups excluding carboxylic acids is 1. The lowest BCUT2D eigenvalue weighted by Gasteiger charge is -2.19. The van der Waals surface area contributed by atoms with Gasteiger partial charge in [-0.05, 0) is 37.0 Å². The predicted molar refractivity (Wildman–Crippen MR) is 115 cm³/mol. The van der Waals surface area contributed by atoms with Gasteiger partial charge in [-0.25, -0.2) is 4.79 Å². The van der Waals surface area contributed by atoms with Crippen molar-refractivity contribution in [1.82, 2.24) is 0 Å². The van der Waals surface area contributed by atoms with Gasteiger partial charge in [0, 0.05) is 23.4 Å². The highest BCUT2D eigenvalue weighted by molar-refractivity contribution is 6.30. The molecule has 7 heteroatoms. The van der Waals surface area contributed by atoms with Crippen molar-refractivity contribution in [1.29, 1.82) is 0 Å². The topological polar surface area (TPSA) is 96.2 Å². The van der Waals surface area contributed by atoms with Gasteiger partial charge in [0.05, 0.1) is 19.3 Å². The Hall–Kier alpha value is -2.12. The van der Waals surface area contributed by atoms with Gasteiger partial charge in [0.15, 0.2) is 0 Å². The lowest BCUT2D eigenvalue weighted by Crippen LogP contribution is -2.21. The second-order valence-electron chi connectivity index (χ2n) is 7.20. The van der Waals surface area contributed by atoms with E-state index in [1.54, 1.807) is 42.5 Å². The second kappa shape index (κ2) is 12.5. The summed E-state index contributed by atoms with van der Waals surface area (Å²) in [6, 6.07) is 6.92. The number of aliphatic hydroxyl groups excluding tert-OH is 3. The molecule has 0 amide bonds. The Bertz CT molecular complexity index is 760. The Balaban J connectivity index is 1.85. The third-order valence-electron chi connectivity index (χ3n) is 4.99. The summed E-state index contributed by atoms with van der Waals surface area (Å²) in [4.78, 5) is 11.0. The maximum atomic E-state index is 11.0. The van der Waals surface area contributed by atoms with E-state index in [0.29, 0.717) is 30.0 Å². The molecule has 1 aliphatic rings. The number of hydrogen-bond acceptors (Lipinski definition) is 6. The van der Waals surface area contributed by atoms with Crippen molar-refractivity contribution < 1.29 is 29.6 Å². The zero-order valence-corrected chi connectivity index (χ0v) is 17.7. The molecule has 30 heavy (non-hydrogen) atoms. The summed E-state index contributed by atoms with van der Waals surface area (Å²) >= 11 is 5.91. The first-order valence-corrected chi connectivity index (χ1v) is 10.3. The quantitative estimate of drug-likeness (QED) is 0.296. The number of hydrogen-bond donors (Lipinski definition) is 3. The number of ether oxygens (including phenoxy) is 2. The van der Waals surface area contributed by atoms with Crippen molar-refractivity contribution in [3.05, 3.63) is 65.7 Å². The smallest absolute Gasteiger partial charge is 0.330 e. The third kappa shape index (κ3) is 7.95. The first-order chi connectivity index (χ1) is 14.4. The first-order valence-electron chi connectivity index (χ1n) is 9.91. The average Bonchev–Trinajstić information content (AvgIpc) is 2.99. The highest BCUT2D eigenvalue weighted by atomic mass is 35.5. The van der Waals surface area contributed by atoms with Gasteiger partial charge in [0.2, 0.25) is 0 Å². The fourth-order valence-electron chi connectivity index (χ4n) is 3.42. The molecule has 0 radical (unpaired) electrons. The lowest BCUT2D eigenvalue weighted by molar-refractivity contribution is -0.134. The zero-order valence-electron chi connectivity index (χ0n) is 16.9. The monoisotopic (exact) mass is 436 g/mol. The number of aliphatic hydroxyl groups is 3. The van der Waals surface area contributed by atoms with Gasteiger partial charge >= 0.3 is 5.97 Å². The summed E-state index contributed by atoms with van der Waals surface area (Å²) < 4.78 is 10.0. The number of esters is 1. The van der Waals surface area contributed by atoms with Crippen LogP contribution < -0.4 is 4.74 Å². The maximum Gasteiger partial charge on any atom is 0.330 e. The minimum atomic E-state index is -0.853. The van der Waals surface area contributed by atoms with E-state index in [0.717, 1.165) is 0 Å². The number of carbonyl (C=O) groups is 1. The predicted octanol–water partition coefficient (Wildman–Crippen LogP) is 3.06. The Morgan fingerprint density at radius 2 is 2.07 bits per heavy atom. The number of rotatable bonds is 10. The molecule has 1 aromatic carbocycles. The van der Waals surface area contributed by atoms with Gasteiger partial charge in [0.25, 0.3) is 0 Å². The minimum absolute atomic E-state index is 0.0549. The Morgan fingerprint density at radius 3 is 2.80 bits per heavy atom. The van der Waals surface area contributed by atoms with Crippen LogP contribution in [0.1, 0.15) is 19.3 Å². The van der Waals surface area contributed by atoms with E-state index in [4.69, 9.17) is 16.3 Å².